The van der Waals surface area contributed by atoms with Gasteiger partial charge in [-0.25, -0.2) is 9.78 Å². The van der Waals surface area contributed by atoms with Gasteiger partial charge in [-0.05, 0) is 26.0 Å². The van der Waals surface area contributed by atoms with Gasteiger partial charge in [0.1, 0.15) is 11.6 Å². The van der Waals surface area contributed by atoms with E-state index in [0.717, 1.165) is 15.2 Å². The molecule has 1 aromatic heterocycles. The first-order valence-electron chi connectivity index (χ1n) is 8.08. The van der Waals surface area contributed by atoms with Gasteiger partial charge in [0.2, 0.25) is 5.91 Å². The molecule has 2 aromatic rings. The number of hydrogen-bond acceptors (Lipinski definition) is 7. The molecule has 2 N–H and O–H groups in total. The molecule has 0 radical (unpaired) electrons. The zero-order chi connectivity index (χ0) is 18.9. The Morgan fingerprint density at radius 3 is 2.65 bits per heavy atom. The van der Waals surface area contributed by atoms with E-state index in [0.29, 0.717) is 0 Å². The lowest BCUT2D eigenvalue weighted by atomic mass is 10.3. The molecule has 0 spiro atoms. The van der Waals surface area contributed by atoms with Crippen molar-refractivity contribution in [2.45, 2.75) is 26.5 Å². The van der Waals surface area contributed by atoms with Gasteiger partial charge in [0, 0.05) is 6.04 Å². The number of benzene rings is 1. The number of para-hydroxylation sites is 1. The van der Waals surface area contributed by atoms with Crippen LogP contribution in [0.2, 0.25) is 0 Å². The van der Waals surface area contributed by atoms with Crippen LogP contribution in [0.15, 0.2) is 24.3 Å². The average Bonchev–Trinajstić information content (AvgIpc) is 3.00. The number of esters is 1. The topological polar surface area (TPSA) is 107 Å². The second-order valence-electron chi connectivity index (χ2n) is 5.73. The molecular formula is C17H21N3O5S. The van der Waals surface area contributed by atoms with E-state index in [4.69, 9.17) is 9.47 Å². The smallest absolute Gasteiger partial charge is 0.332 e. The molecule has 0 aliphatic rings. The van der Waals surface area contributed by atoms with Gasteiger partial charge in [-0.15, -0.1) is 11.3 Å². The summed E-state index contributed by atoms with van der Waals surface area (Å²) < 4.78 is 11.1. The van der Waals surface area contributed by atoms with Gasteiger partial charge >= 0.3 is 5.97 Å². The molecule has 0 saturated carbocycles. The predicted octanol–water partition coefficient (Wildman–Crippen LogP) is 0.997. The molecule has 1 aromatic carbocycles. The van der Waals surface area contributed by atoms with Crippen LogP contribution in [0.5, 0.6) is 0 Å². The van der Waals surface area contributed by atoms with Crippen molar-refractivity contribution in [3.63, 3.8) is 0 Å². The minimum absolute atomic E-state index is 0.00944. The first-order valence-corrected chi connectivity index (χ1v) is 8.89. The number of nitrogens with zero attached hydrogens (tertiary/aromatic N) is 1. The molecule has 0 unspecified atom stereocenters. The van der Waals surface area contributed by atoms with Gasteiger partial charge in [-0.2, -0.15) is 0 Å². The van der Waals surface area contributed by atoms with E-state index in [9.17, 15) is 14.4 Å². The van der Waals surface area contributed by atoms with Crippen molar-refractivity contribution < 1.29 is 23.9 Å². The standard InChI is InChI=1S/C17H21N3O5S/c1-11(2)19-14(21)7-18-15(22)8-25-17(23)10-24-9-16-20-12-5-3-4-6-13(12)26-16/h3-6,11H,7-10H2,1-2H3,(H,18,22)(H,19,21). The molecule has 2 amide bonds. The molecule has 0 aliphatic heterocycles. The summed E-state index contributed by atoms with van der Waals surface area (Å²) in [5, 5.41) is 5.75. The SMILES string of the molecule is CC(C)NC(=O)CNC(=O)COC(=O)COCc1nc2ccccc2s1. The fourth-order valence-electron chi connectivity index (χ4n) is 1.99. The number of carbonyl (C=O) groups excluding carboxylic acids is 3. The minimum atomic E-state index is -0.659. The monoisotopic (exact) mass is 379 g/mol. The minimum Gasteiger partial charge on any atom is -0.454 e. The number of carbonyl (C=O) groups is 3. The molecule has 0 bridgehead atoms. The molecule has 2 rings (SSSR count). The third-order valence-corrected chi connectivity index (χ3v) is 4.05. The number of hydrogen-bond donors (Lipinski definition) is 2. The summed E-state index contributed by atoms with van der Waals surface area (Å²) in [5.74, 6) is -1.52. The van der Waals surface area contributed by atoms with E-state index in [2.05, 4.69) is 15.6 Å². The van der Waals surface area contributed by atoms with Crippen LogP contribution in [0.4, 0.5) is 0 Å². The molecule has 26 heavy (non-hydrogen) atoms. The quantitative estimate of drug-likeness (QED) is 0.630. The highest BCUT2D eigenvalue weighted by Crippen LogP contribution is 2.21. The molecule has 0 aliphatic carbocycles. The van der Waals surface area contributed by atoms with Crippen molar-refractivity contribution >= 4 is 39.3 Å². The summed E-state index contributed by atoms with van der Waals surface area (Å²) in [6.45, 7) is 2.92. The van der Waals surface area contributed by atoms with Crippen LogP contribution >= 0.6 is 11.3 Å². The third-order valence-electron chi connectivity index (χ3n) is 3.04. The summed E-state index contributed by atoms with van der Waals surface area (Å²) >= 11 is 1.49. The van der Waals surface area contributed by atoms with E-state index in [-0.39, 0.29) is 31.7 Å². The van der Waals surface area contributed by atoms with Crippen molar-refractivity contribution in [2.75, 3.05) is 19.8 Å². The Balaban J connectivity index is 1.61. The van der Waals surface area contributed by atoms with Gasteiger partial charge < -0.3 is 20.1 Å². The van der Waals surface area contributed by atoms with Gasteiger partial charge in [0.05, 0.1) is 23.4 Å². The molecule has 8 nitrogen and oxygen atoms in total. The number of nitrogens with one attached hydrogen (secondary N) is 2. The Labute approximate surface area is 154 Å². The highest BCUT2D eigenvalue weighted by Gasteiger charge is 2.10. The summed E-state index contributed by atoms with van der Waals surface area (Å²) in [5.41, 5.74) is 0.886. The van der Waals surface area contributed by atoms with Crippen LogP contribution in [0.1, 0.15) is 18.9 Å². The van der Waals surface area contributed by atoms with Crippen LogP contribution in [0.3, 0.4) is 0 Å². The second kappa shape index (κ2) is 9.83. The van der Waals surface area contributed by atoms with Crippen molar-refractivity contribution in [2.24, 2.45) is 0 Å². The Kier molecular flexibility index (Phi) is 7.49. The zero-order valence-electron chi connectivity index (χ0n) is 14.6. The first kappa shape index (κ1) is 19.8. The van der Waals surface area contributed by atoms with Crippen molar-refractivity contribution in [1.29, 1.82) is 0 Å². The Morgan fingerprint density at radius 1 is 1.15 bits per heavy atom. The summed E-state index contributed by atoms with van der Waals surface area (Å²) in [7, 11) is 0. The van der Waals surface area contributed by atoms with Crippen LogP contribution in [-0.2, 0) is 30.5 Å². The van der Waals surface area contributed by atoms with Gasteiger partial charge in [0.15, 0.2) is 6.61 Å². The molecule has 0 saturated heterocycles. The lowest BCUT2D eigenvalue weighted by Gasteiger charge is -2.09. The Hall–Kier alpha value is -2.52. The zero-order valence-corrected chi connectivity index (χ0v) is 15.4. The van der Waals surface area contributed by atoms with Crippen LogP contribution in [0.25, 0.3) is 10.2 Å². The normalized spacial score (nSPS) is 10.7. The molecular weight excluding hydrogens is 358 g/mol. The van der Waals surface area contributed by atoms with Crippen LogP contribution in [0, 0.1) is 0 Å². The highest BCUT2D eigenvalue weighted by atomic mass is 32.1. The maximum absolute atomic E-state index is 11.6. The van der Waals surface area contributed by atoms with Crippen molar-refractivity contribution in [3.8, 4) is 0 Å². The number of rotatable bonds is 9. The lowest BCUT2D eigenvalue weighted by Crippen LogP contribution is -2.41. The third kappa shape index (κ3) is 6.77. The van der Waals surface area contributed by atoms with Gasteiger partial charge in [-0.1, -0.05) is 12.1 Å². The molecule has 9 heteroatoms. The fourth-order valence-corrected chi connectivity index (χ4v) is 2.90. The predicted molar refractivity (Wildman–Crippen MR) is 96.5 cm³/mol. The fraction of sp³-hybridized carbons (Fsp3) is 0.412. The summed E-state index contributed by atoms with van der Waals surface area (Å²) in [6.07, 6.45) is 0. The number of ether oxygens (including phenoxy) is 2. The first-order chi connectivity index (χ1) is 12.4. The van der Waals surface area contributed by atoms with E-state index >= 15 is 0 Å². The maximum Gasteiger partial charge on any atom is 0.332 e. The largest absolute Gasteiger partial charge is 0.454 e. The number of aromatic nitrogens is 1. The Morgan fingerprint density at radius 2 is 1.92 bits per heavy atom. The second-order valence-corrected chi connectivity index (χ2v) is 6.84. The summed E-state index contributed by atoms with van der Waals surface area (Å²) in [6, 6.07) is 7.69. The molecule has 0 fully saturated rings. The highest BCUT2D eigenvalue weighted by molar-refractivity contribution is 7.18. The van der Waals surface area contributed by atoms with Crippen LogP contribution in [-0.4, -0.2) is 48.6 Å². The number of amides is 2. The van der Waals surface area contributed by atoms with Gasteiger partial charge in [-0.3, -0.25) is 9.59 Å². The van der Waals surface area contributed by atoms with E-state index < -0.39 is 18.5 Å². The summed E-state index contributed by atoms with van der Waals surface area (Å²) in [4.78, 5) is 38.8. The van der Waals surface area contributed by atoms with Gasteiger partial charge in [0.25, 0.3) is 5.91 Å². The lowest BCUT2D eigenvalue weighted by molar-refractivity contribution is -0.153. The van der Waals surface area contributed by atoms with Crippen molar-refractivity contribution in [1.82, 2.24) is 15.6 Å². The molecule has 1 heterocycles. The molecule has 140 valence electrons. The van der Waals surface area contributed by atoms with Crippen molar-refractivity contribution in [3.05, 3.63) is 29.3 Å². The number of thiazole rings is 1. The Bertz CT molecular complexity index is 742. The molecule has 0 atom stereocenters. The van der Waals surface area contributed by atoms with E-state index in [1.54, 1.807) is 0 Å². The van der Waals surface area contributed by atoms with Crippen LogP contribution < -0.4 is 10.6 Å². The number of fused-ring (bicyclic) bond motifs is 1. The van der Waals surface area contributed by atoms with E-state index in [1.165, 1.54) is 11.3 Å². The van der Waals surface area contributed by atoms with E-state index in [1.807, 2.05) is 38.1 Å². The average molecular weight is 379 g/mol. The maximum atomic E-state index is 11.6.